The van der Waals surface area contributed by atoms with Gasteiger partial charge in [-0.25, -0.2) is 18.4 Å². The molecule has 1 unspecified atom stereocenters. The van der Waals surface area contributed by atoms with Gasteiger partial charge in [-0.3, -0.25) is 9.78 Å². The third kappa shape index (κ3) is 5.26. The number of aromatic nitrogens is 3. The van der Waals surface area contributed by atoms with E-state index in [9.17, 15) is 18.0 Å². The van der Waals surface area contributed by atoms with Gasteiger partial charge in [-0.2, -0.15) is 0 Å². The average molecular weight is 530 g/mol. The predicted molar refractivity (Wildman–Crippen MR) is 145 cm³/mol. The quantitative estimate of drug-likeness (QED) is 0.361. The number of carbonyl (C=O) groups excluding carboxylic acids is 2. The maximum atomic E-state index is 12.7. The number of pyridine rings is 3. The number of sulfone groups is 1. The van der Waals surface area contributed by atoms with Crippen LogP contribution in [0.3, 0.4) is 0 Å². The Morgan fingerprint density at radius 1 is 1.11 bits per heavy atom. The summed E-state index contributed by atoms with van der Waals surface area (Å²) in [6.07, 6.45) is 5.59. The number of aldehydes is 1. The molecular weight excluding hydrogens is 502 g/mol. The molecule has 0 bridgehead atoms. The van der Waals surface area contributed by atoms with Crippen molar-refractivity contribution in [3.8, 4) is 11.4 Å². The zero-order valence-corrected chi connectivity index (χ0v) is 21.9. The Labute approximate surface area is 220 Å². The second-order valence-corrected chi connectivity index (χ2v) is 11.4. The molecule has 0 saturated carbocycles. The number of nitrogens with one attached hydrogen (secondary N) is 1. The Hall–Kier alpha value is -4.18. The minimum Gasteiger partial charge on any atom is -0.347 e. The van der Waals surface area contributed by atoms with E-state index in [4.69, 9.17) is 9.97 Å². The SMILES string of the molecule is Cc1ccc(C(=O)NCc2cc3nc(-c4cccc(N5CCCC5C=O)n4)ccc3cn2)cc1S(C)(=O)=O. The highest BCUT2D eigenvalue weighted by Crippen LogP contribution is 2.26. The number of carbonyl (C=O) groups is 2. The van der Waals surface area contributed by atoms with Crippen LogP contribution in [-0.2, 0) is 21.2 Å². The van der Waals surface area contributed by atoms with Crippen molar-refractivity contribution in [2.45, 2.75) is 37.2 Å². The number of benzene rings is 1. The summed E-state index contributed by atoms with van der Waals surface area (Å²) in [7, 11) is -3.44. The maximum Gasteiger partial charge on any atom is 0.251 e. The molecule has 38 heavy (non-hydrogen) atoms. The van der Waals surface area contributed by atoms with E-state index in [2.05, 4.69) is 10.3 Å². The summed E-state index contributed by atoms with van der Waals surface area (Å²) < 4.78 is 24.0. The average Bonchev–Trinajstić information content (AvgIpc) is 3.40. The fourth-order valence-corrected chi connectivity index (χ4v) is 5.65. The van der Waals surface area contributed by atoms with Crippen LogP contribution in [0.4, 0.5) is 5.82 Å². The zero-order chi connectivity index (χ0) is 26.9. The van der Waals surface area contributed by atoms with Crippen molar-refractivity contribution < 1.29 is 18.0 Å². The Morgan fingerprint density at radius 2 is 1.92 bits per heavy atom. The van der Waals surface area contributed by atoms with E-state index in [0.29, 0.717) is 28.2 Å². The number of aryl methyl sites for hydroxylation is 1. The molecule has 1 aromatic carbocycles. The third-order valence-corrected chi connectivity index (χ3v) is 7.90. The highest BCUT2D eigenvalue weighted by molar-refractivity contribution is 7.90. The molecule has 1 fully saturated rings. The van der Waals surface area contributed by atoms with Gasteiger partial charge >= 0.3 is 0 Å². The number of nitrogens with zero attached hydrogens (tertiary/aromatic N) is 4. The van der Waals surface area contributed by atoms with E-state index in [0.717, 1.165) is 43.1 Å². The largest absolute Gasteiger partial charge is 0.347 e. The molecule has 1 N–H and O–H groups in total. The van der Waals surface area contributed by atoms with Gasteiger partial charge in [0, 0.05) is 29.9 Å². The molecule has 1 aliphatic rings. The highest BCUT2D eigenvalue weighted by atomic mass is 32.2. The van der Waals surface area contributed by atoms with Crippen molar-refractivity contribution in [2.24, 2.45) is 0 Å². The van der Waals surface area contributed by atoms with Crippen LogP contribution in [0.15, 0.2) is 65.7 Å². The molecule has 194 valence electrons. The van der Waals surface area contributed by atoms with Crippen molar-refractivity contribution in [1.29, 1.82) is 0 Å². The number of hydrogen-bond donors (Lipinski definition) is 1. The molecule has 1 aliphatic heterocycles. The molecule has 0 spiro atoms. The van der Waals surface area contributed by atoms with Crippen molar-refractivity contribution in [3.63, 3.8) is 0 Å². The van der Waals surface area contributed by atoms with Gasteiger partial charge in [0.05, 0.1) is 40.1 Å². The smallest absolute Gasteiger partial charge is 0.251 e. The Kier molecular flexibility index (Phi) is 6.90. The van der Waals surface area contributed by atoms with Gasteiger partial charge in [-0.05, 0) is 67.8 Å². The summed E-state index contributed by atoms with van der Waals surface area (Å²) in [5.74, 6) is 0.363. The number of rotatable bonds is 7. The van der Waals surface area contributed by atoms with Crippen LogP contribution < -0.4 is 10.2 Å². The lowest BCUT2D eigenvalue weighted by Gasteiger charge is -2.21. The molecular formula is C28H27N5O4S. The lowest BCUT2D eigenvalue weighted by atomic mass is 10.1. The summed E-state index contributed by atoms with van der Waals surface area (Å²) >= 11 is 0. The second-order valence-electron chi connectivity index (χ2n) is 9.42. The summed E-state index contributed by atoms with van der Waals surface area (Å²) in [6.45, 7) is 2.64. The summed E-state index contributed by atoms with van der Waals surface area (Å²) in [5.41, 5.74) is 3.56. The second kappa shape index (κ2) is 10.3. The first-order valence-corrected chi connectivity index (χ1v) is 14.2. The van der Waals surface area contributed by atoms with Crippen LogP contribution in [0.1, 0.15) is 34.5 Å². The first-order chi connectivity index (χ1) is 18.2. The van der Waals surface area contributed by atoms with Gasteiger partial charge in [0.2, 0.25) is 0 Å². The van der Waals surface area contributed by atoms with E-state index < -0.39 is 15.7 Å². The molecule has 1 atom stereocenters. The summed E-state index contributed by atoms with van der Waals surface area (Å²) in [5, 5.41) is 3.65. The Bertz CT molecular complexity index is 1650. The van der Waals surface area contributed by atoms with Crippen LogP contribution in [0.2, 0.25) is 0 Å². The maximum absolute atomic E-state index is 12.7. The molecule has 10 heteroatoms. The van der Waals surface area contributed by atoms with E-state index in [1.165, 1.54) is 6.07 Å². The highest BCUT2D eigenvalue weighted by Gasteiger charge is 2.25. The minimum atomic E-state index is -3.44. The standard InChI is InChI=1S/C28H27N5O4S/c1-18-8-9-19(13-26(18)38(2,36)37)28(35)30-16-21-14-25-20(15-29-21)10-11-24(31-25)23-6-3-7-27(32-23)33-12-4-5-22(33)17-34/h3,6-11,13-15,17,22H,4-5,12,16H2,1-2H3,(H,30,35). The van der Waals surface area contributed by atoms with Crippen LogP contribution in [0.25, 0.3) is 22.3 Å². The number of anilines is 1. The minimum absolute atomic E-state index is 0.134. The number of amides is 1. The lowest BCUT2D eigenvalue weighted by Crippen LogP contribution is -2.30. The molecule has 0 radical (unpaired) electrons. The number of hydrogen-bond acceptors (Lipinski definition) is 8. The van der Waals surface area contributed by atoms with E-state index in [-0.39, 0.29) is 23.0 Å². The monoisotopic (exact) mass is 529 g/mol. The molecule has 4 aromatic rings. The Balaban J connectivity index is 1.35. The van der Waals surface area contributed by atoms with Crippen molar-refractivity contribution in [3.05, 3.63) is 77.6 Å². The van der Waals surface area contributed by atoms with E-state index in [1.54, 1.807) is 25.3 Å². The van der Waals surface area contributed by atoms with Crippen molar-refractivity contribution in [2.75, 3.05) is 17.7 Å². The zero-order valence-electron chi connectivity index (χ0n) is 21.1. The molecule has 4 heterocycles. The van der Waals surface area contributed by atoms with Gasteiger partial charge < -0.3 is 15.0 Å². The molecule has 5 rings (SSSR count). The van der Waals surface area contributed by atoms with Crippen LogP contribution >= 0.6 is 0 Å². The topological polar surface area (TPSA) is 122 Å². The van der Waals surface area contributed by atoms with Gasteiger partial charge in [0.15, 0.2) is 9.84 Å². The van der Waals surface area contributed by atoms with E-state index in [1.807, 2.05) is 41.3 Å². The molecule has 0 aliphatic carbocycles. The van der Waals surface area contributed by atoms with Crippen LogP contribution in [-0.4, -0.2) is 54.4 Å². The van der Waals surface area contributed by atoms with Crippen molar-refractivity contribution >= 4 is 38.8 Å². The molecule has 1 amide bonds. The van der Waals surface area contributed by atoms with Crippen LogP contribution in [0, 0.1) is 6.92 Å². The Morgan fingerprint density at radius 3 is 2.71 bits per heavy atom. The first-order valence-electron chi connectivity index (χ1n) is 12.3. The van der Waals surface area contributed by atoms with Crippen LogP contribution in [0.5, 0.6) is 0 Å². The normalized spacial score (nSPS) is 15.5. The van der Waals surface area contributed by atoms with Gasteiger partial charge in [-0.1, -0.05) is 12.1 Å². The number of fused-ring (bicyclic) bond motifs is 1. The van der Waals surface area contributed by atoms with Gasteiger partial charge in [-0.15, -0.1) is 0 Å². The first kappa shape index (κ1) is 25.5. The summed E-state index contributed by atoms with van der Waals surface area (Å²) in [4.78, 5) is 40.3. The summed E-state index contributed by atoms with van der Waals surface area (Å²) in [6, 6.07) is 15.8. The lowest BCUT2D eigenvalue weighted by molar-refractivity contribution is -0.108. The van der Waals surface area contributed by atoms with E-state index >= 15 is 0 Å². The van der Waals surface area contributed by atoms with Gasteiger partial charge in [0.1, 0.15) is 12.1 Å². The molecule has 3 aromatic heterocycles. The molecule has 9 nitrogen and oxygen atoms in total. The fourth-order valence-electron chi connectivity index (χ4n) is 4.66. The third-order valence-electron chi connectivity index (χ3n) is 6.66. The van der Waals surface area contributed by atoms with Crippen molar-refractivity contribution in [1.82, 2.24) is 20.3 Å². The molecule has 1 saturated heterocycles. The fraction of sp³-hybridized carbons (Fsp3) is 0.250. The predicted octanol–water partition coefficient (Wildman–Crippen LogP) is 3.50. The van der Waals surface area contributed by atoms with Gasteiger partial charge in [0.25, 0.3) is 5.91 Å².